The van der Waals surface area contributed by atoms with Gasteiger partial charge in [0.15, 0.2) is 0 Å². The maximum atomic E-state index is 4.38. The third-order valence-electron chi connectivity index (χ3n) is 3.74. The molecule has 0 aliphatic heterocycles. The molecule has 22 heavy (non-hydrogen) atoms. The molecule has 2 aromatic carbocycles. The summed E-state index contributed by atoms with van der Waals surface area (Å²) in [4.78, 5) is 0. The molecule has 0 amide bonds. The standard InChI is InChI=1S/C19H15N3/c1-4-10-19(22-13-5-6-14-22)15(7-1)11-12-18-16-8-2-3-9-17(16)20-21-18/h1-14H,(H,20,21)/b12-11+. The number of nitrogens with zero attached hydrogens (tertiary/aromatic N) is 2. The number of aromatic nitrogens is 3. The second kappa shape index (κ2) is 5.37. The van der Waals surface area contributed by atoms with E-state index in [-0.39, 0.29) is 0 Å². The first-order valence-electron chi connectivity index (χ1n) is 7.25. The van der Waals surface area contributed by atoms with Crippen LogP contribution in [0.1, 0.15) is 11.3 Å². The molecule has 0 saturated carbocycles. The Labute approximate surface area is 128 Å². The maximum Gasteiger partial charge on any atom is 0.0927 e. The van der Waals surface area contributed by atoms with Crippen molar-refractivity contribution in [3.05, 3.63) is 84.3 Å². The summed E-state index contributed by atoms with van der Waals surface area (Å²) in [5.41, 5.74) is 4.33. The Bertz CT molecular complexity index is 930. The van der Waals surface area contributed by atoms with E-state index in [1.165, 1.54) is 0 Å². The van der Waals surface area contributed by atoms with Gasteiger partial charge in [-0.15, -0.1) is 0 Å². The van der Waals surface area contributed by atoms with E-state index in [4.69, 9.17) is 0 Å². The van der Waals surface area contributed by atoms with E-state index in [1.54, 1.807) is 0 Å². The Kier molecular flexibility index (Phi) is 3.09. The third-order valence-corrected chi connectivity index (χ3v) is 3.74. The summed E-state index contributed by atoms with van der Waals surface area (Å²) in [5.74, 6) is 0. The van der Waals surface area contributed by atoms with Gasteiger partial charge in [0, 0.05) is 17.8 Å². The molecule has 0 bridgehead atoms. The molecule has 106 valence electrons. The van der Waals surface area contributed by atoms with E-state index in [0.717, 1.165) is 27.8 Å². The van der Waals surface area contributed by atoms with Crippen molar-refractivity contribution in [2.24, 2.45) is 0 Å². The van der Waals surface area contributed by atoms with E-state index in [9.17, 15) is 0 Å². The van der Waals surface area contributed by atoms with Crippen LogP contribution in [0.4, 0.5) is 0 Å². The predicted octanol–water partition coefficient (Wildman–Crippen LogP) is 4.52. The van der Waals surface area contributed by atoms with Crippen LogP contribution in [0, 0.1) is 0 Å². The molecule has 0 unspecified atom stereocenters. The summed E-state index contributed by atoms with van der Waals surface area (Å²) < 4.78 is 2.11. The van der Waals surface area contributed by atoms with Crippen molar-refractivity contribution in [3.63, 3.8) is 0 Å². The molecule has 1 N–H and O–H groups in total. The number of para-hydroxylation sites is 2. The van der Waals surface area contributed by atoms with Gasteiger partial charge in [-0.25, -0.2) is 0 Å². The lowest BCUT2D eigenvalue weighted by Crippen LogP contribution is -1.92. The molecule has 0 fully saturated rings. The number of hydrogen-bond acceptors (Lipinski definition) is 1. The normalized spacial score (nSPS) is 11.5. The Morgan fingerprint density at radius 2 is 1.59 bits per heavy atom. The molecule has 0 spiro atoms. The van der Waals surface area contributed by atoms with Gasteiger partial charge in [-0.05, 0) is 35.9 Å². The average molecular weight is 285 g/mol. The number of H-pyrrole nitrogens is 1. The van der Waals surface area contributed by atoms with Gasteiger partial charge in [-0.2, -0.15) is 5.10 Å². The van der Waals surface area contributed by atoms with Crippen LogP contribution in [0.15, 0.2) is 73.1 Å². The molecule has 2 aromatic heterocycles. The highest BCUT2D eigenvalue weighted by molar-refractivity contribution is 5.89. The Balaban J connectivity index is 1.75. The molecule has 3 nitrogen and oxygen atoms in total. The zero-order valence-electron chi connectivity index (χ0n) is 12.0. The van der Waals surface area contributed by atoms with Gasteiger partial charge in [0.1, 0.15) is 0 Å². The first kappa shape index (κ1) is 12.7. The quantitative estimate of drug-likeness (QED) is 0.589. The lowest BCUT2D eigenvalue weighted by molar-refractivity contribution is 1.08. The number of rotatable bonds is 3. The van der Waals surface area contributed by atoms with E-state index >= 15 is 0 Å². The number of fused-ring (bicyclic) bond motifs is 1. The third kappa shape index (κ3) is 2.23. The summed E-state index contributed by atoms with van der Waals surface area (Å²) in [7, 11) is 0. The van der Waals surface area contributed by atoms with E-state index in [2.05, 4.69) is 69.6 Å². The van der Waals surface area contributed by atoms with Crippen molar-refractivity contribution in [2.45, 2.75) is 0 Å². The van der Waals surface area contributed by atoms with Crippen LogP contribution in [0.25, 0.3) is 28.7 Å². The summed E-state index contributed by atoms with van der Waals surface area (Å²) in [5, 5.41) is 8.58. The fourth-order valence-electron chi connectivity index (χ4n) is 2.64. The minimum atomic E-state index is 0.956. The zero-order valence-corrected chi connectivity index (χ0v) is 12.0. The fourth-order valence-corrected chi connectivity index (χ4v) is 2.64. The Morgan fingerprint density at radius 3 is 2.50 bits per heavy atom. The number of nitrogens with one attached hydrogen (secondary N) is 1. The van der Waals surface area contributed by atoms with Crippen LogP contribution in [-0.2, 0) is 0 Å². The minimum absolute atomic E-state index is 0.956. The number of benzene rings is 2. The SMILES string of the molecule is C(=C\c1n[nH]c2ccccc12)/c1ccccc1-n1cccc1. The Hall–Kier alpha value is -3.07. The molecule has 0 radical (unpaired) electrons. The predicted molar refractivity (Wildman–Crippen MR) is 90.8 cm³/mol. The monoisotopic (exact) mass is 285 g/mol. The van der Waals surface area contributed by atoms with Crippen molar-refractivity contribution in [1.29, 1.82) is 0 Å². The van der Waals surface area contributed by atoms with Gasteiger partial charge >= 0.3 is 0 Å². The van der Waals surface area contributed by atoms with Crippen LogP contribution in [0.5, 0.6) is 0 Å². The van der Waals surface area contributed by atoms with Crippen LogP contribution >= 0.6 is 0 Å². The second-order valence-electron chi connectivity index (χ2n) is 5.14. The van der Waals surface area contributed by atoms with E-state index < -0.39 is 0 Å². The summed E-state index contributed by atoms with van der Waals surface area (Å²) in [6, 6.07) is 20.5. The summed E-state index contributed by atoms with van der Waals surface area (Å²) >= 11 is 0. The van der Waals surface area contributed by atoms with Crippen molar-refractivity contribution >= 4 is 23.1 Å². The fraction of sp³-hybridized carbons (Fsp3) is 0. The van der Waals surface area contributed by atoms with Crippen molar-refractivity contribution < 1.29 is 0 Å². The van der Waals surface area contributed by atoms with Gasteiger partial charge < -0.3 is 4.57 Å². The highest BCUT2D eigenvalue weighted by Crippen LogP contribution is 2.20. The van der Waals surface area contributed by atoms with E-state index in [1.807, 2.05) is 30.3 Å². The van der Waals surface area contributed by atoms with Gasteiger partial charge in [0.25, 0.3) is 0 Å². The molecule has 4 rings (SSSR count). The molecule has 0 aliphatic carbocycles. The molecule has 2 heterocycles. The first-order valence-corrected chi connectivity index (χ1v) is 7.25. The lowest BCUT2D eigenvalue weighted by Gasteiger charge is -2.06. The minimum Gasteiger partial charge on any atom is -0.323 e. The van der Waals surface area contributed by atoms with Crippen LogP contribution in [0.2, 0.25) is 0 Å². The summed E-state index contributed by atoms with van der Waals surface area (Å²) in [6.45, 7) is 0. The molecular weight excluding hydrogens is 270 g/mol. The van der Waals surface area contributed by atoms with Gasteiger partial charge in [0.2, 0.25) is 0 Å². The topological polar surface area (TPSA) is 33.6 Å². The maximum absolute atomic E-state index is 4.38. The number of aromatic amines is 1. The molecule has 0 saturated heterocycles. The van der Waals surface area contributed by atoms with Crippen LogP contribution < -0.4 is 0 Å². The van der Waals surface area contributed by atoms with Crippen LogP contribution in [-0.4, -0.2) is 14.8 Å². The molecular formula is C19H15N3. The van der Waals surface area contributed by atoms with Gasteiger partial charge in [0.05, 0.1) is 16.9 Å². The highest BCUT2D eigenvalue weighted by Gasteiger charge is 2.03. The zero-order chi connectivity index (χ0) is 14.8. The van der Waals surface area contributed by atoms with Crippen molar-refractivity contribution in [2.75, 3.05) is 0 Å². The van der Waals surface area contributed by atoms with Gasteiger partial charge in [-0.3, -0.25) is 5.10 Å². The second-order valence-corrected chi connectivity index (χ2v) is 5.14. The first-order chi connectivity index (χ1) is 10.9. The van der Waals surface area contributed by atoms with Crippen molar-refractivity contribution in [3.8, 4) is 5.69 Å². The number of hydrogen-bond donors (Lipinski definition) is 1. The summed E-state index contributed by atoms with van der Waals surface area (Å²) in [6.07, 6.45) is 8.27. The highest BCUT2D eigenvalue weighted by atomic mass is 15.1. The smallest absolute Gasteiger partial charge is 0.0927 e. The lowest BCUT2D eigenvalue weighted by atomic mass is 10.1. The van der Waals surface area contributed by atoms with Gasteiger partial charge in [-0.1, -0.05) is 42.5 Å². The molecule has 0 atom stereocenters. The Morgan fingerprint density at radius 1 is 0.818 bits per heavy atom. The molecule has 0 aliphatic rings. The molecule has 3 heteroatoms. The van der Waals surface area contributed by atoms with Crippen LogP contribution in [0.3, 0.4) is 0 Å². The molecule has 4 aromatic rings. The average Bonchev–Trinajstić information content (AvgIpc) is 3.23. The van der Waals surface area contributed by atoms with E-state index in [0.29, 0.717) is 0 Å². The van der Waals surface area contributed by atoms with Crippen molar-refractivity contribution in [1.82, 2.24) is 14.8 Å². The largest absolute Gasteiger partial charge is 0.323 e.